The Labute approximate surface area is 152 Å². The number of ether oxygens (including phenoxy) is 1. The lowest BCUT2D eigenvalue weighted by atomic mass is 9.78. The Bertz CT molecular complexity index is 570. The van der Waals surface area contributed by atoms with Gasteiger partial charge in [-0.3, -0.25) is 4.79 Å². The zero-order chi connectivity index (χ0) is 17.8. The molecule has 1 aliphatic rings. The molecule has 0 saturated carbocycles. The van der Waals surface area contributed by atoms with Crippen LogP contribution in [-0.4, -0.2) is 44.7 Å². The standard InChI is InChI=1S/C17H23F3N2O2.ClH/c1-22(11-13-5-3-4-6-14(13)17(18,19)20)15(23)16(12-24-2)7-9-21-10-8-16;/h3-6,21H,7-12H2,1-2H3;1H. The maximum Gasteiger partial charge on any atom is 0.416 e. The van der Waals surface area contributed by atoms with Crippen LogP contribution in [-0.2, 0) is 22.3 Å². The second-order valence-electron chi connectivity index (χ2n) is 6.28. The van der Waals surface area contributed by atoms with Gasteiger partial charge in [0, 0.05) is 20.7 Å². The molecule has 8 heteroatoms. The van der Waals surface area contributed by atoms with E-state index >= 15 is 0 Å². The van der Waals surface area contributed by atoms with Crippen LogP contribution >= 0.6 is 12.4 Å². The number of hydrogen-bond acceptors (Lipinski definition) is 3. The number of piperidine rings is 1. The highest BCUT2D eigenvalue weighted by atomic mass is 35.5. The van der Waals surface area contributed by atoms with Crippen molar-refractivity contribution in [3.63, 3.8) is 0 Å². The molecule has 0 unspecified atom stereocenters. The molecule has 0 aromatic heterocycles. The minimum atomic E-state index is -4.43. The summed E-state index contributed by atoms with van der Waals surface area (Å²) in [7, 11) is 3.09. The van der Waals surface area contributed by atoms with Crippen LogP contribution in [0.15, 0.2) is 24.3 Å². The molecule has 2 rings (SSSR count). The molecule has 25 heavy (non-hydrogen) atoms. The first-order valence-electron chi connectivity index (χ1n) is 7.90. The fourth-order valence-corrected chi connectivity index (χ4v) is 3.27. The molecule has 1 N–H and O–H groups in total. The van der Waals surface area contributed by atoms with Crippen LogP contribution < -0.4 is 5.32 Å². The number of nitrogens with zero attached hydrogens (tertiary/aromatic N) is 1. The largest absolute Gasteiger partial charge is 0.416 e. The van der Waals surface area contributed by atoms with Crippen LogP contribution in [0.25, 0.3) is 0 Å². The maximum absolute atomic E-state index is 13.1. The average Bonchev–Trinajstić information content (AvgIpc) is 2.54. The van der Waals surface area contributed by atoms with E-state index in [-0.39, 0.29) is 37.0 Å². The van der Waals surface area contributed by atoms with Gasteiger partial charge >= 0.3 is 6.18 Å². The molecule has 1 amide bonds. The molecular formula is C17H24ClF3N2O2. The number of carbonyl (C=O) groups is 1. The van der Waals surface area contributed by atoms with Crippen molar-refractivity contribution in [2.24, 2.45) is 5.41 Å². The third-order valence-electron chi connectivity index (χ3n) is 4.51. The molecule has 0 spiro atoms. The van der Waals surface area contributed by atoms with Crippen LogP contribution in [0.4, 0.5) is 13.2 Å². The van der Waals surface area contributed by atoms with E-state index in [1.807, 2.05) is 0 Å². The first-order chi connectivity index (χ1) is 11.3. The maximum atomic E-state index is 13.1. The molecule has 1 heterocycles. The van der Waals surface area contributed by atoms with Gasteiger partial charge in [-0.1, -0.05) is 18.2 Å². The summed E-state index contributed by atoms with van der Waals surface area (Å²) in [5, 5.41) is 3.20. The first kappa shape index (κ1) is 21.7. The lowest BCUT2D eigenvalue weighted by Gasteiger charge is -2.38. The Balaban J connectivity index is 0.00000312. The monoisotopic (exact) mass is 380 g/mol. The molecule has 0 atom stereocenters. The van der Waals surface area contributed by atoms with E-state index in [4.69, 9.17) is 4.74 Å². The predicted octanol–water partition coefficient (Wildman–Crippen LogP) is 3.10. The summed E-state index contributed by atoms with van der Waals surface area (Å²) in [6.07, 6.45) is -3.20. The van der Waals surface area contributed by atoms with Crippen molar-refractivity contribution < 1.29 is 22.7 Å². The van der Waals surface area contributed by atoms with Crippen LogP contribution in [0.5, 0.6) is 0 Å². The van der Waals surface area contributed by atoms with E-state index in [0.29, 0.717) is 25.9 Å². The van der Waals surface area contributed by atoms with Crippen molar-refractivity contribution in [3.8, 4) is 0 Å². The quantitative estimate of drug-likeness (QED) is 0.853. The zero-order valence-corrected chi connectivity index (χ0v) is 15.2. The highest BCUT2D eigenvalue weighted by Gasteiger charge is 2.42. The van der Waals surface area contributed by atoms with E-state index in [0.717, 1.165) is 6.07 Å². The number of hydrogen-bond donors (Lipinski definition) is 1. The molecule has 1 aliphatic heterocycles. The average molecular weight is 381 g/mol. The molecule has 0 radical (unpaired) electrons. The van der Waals surface area contributed by atoms with Crippen LogP contribution in [0.2, 0.25) is 0 Å². The van der Waals surface area contributed by atoms with Crippen LogP contribution in [0.3, 0.4) is 0 Å². The smallest absolute Gasteiger partial charge is 0.384 e. The van der Waals surface area contributed by atoms with Gasteiger partial charge < -0.3 is 15.0 Å². The van der Waals surface area contributed by atoms with Gasteiger partial charge in [0.05, 0.1) is 17.6 Å². The molecule has 0 aliphatic carbocycles. The molecule has 142 valence electrons. The second kappa shape index (κ2) is 8.87. The summed E-state index contributed by atoms with van der Waals surface area (Å²) >= 11 is 0. The third-order valence-corrected chi connectivity index (χ3v) is 4.51. The Kier molecular flexibility index (Phi) is 7.71. The number of nitrogens with one attached hydrogen (secondary N) is 1. The molecule has 1 aromatic rings. The SMILES string of the molecule is COCC1(C(=O)N(C)Cc2ccccc2C(F)(F)F)CCNCC1.Cl. The van der Waals surface area contributed by atoms with Gasteiger partial charge in [0.1, 0.15) is 0 Å². The first-order valence-corrected chi connectivity index (χ1v) is 7.90. The van der Waals surface area contributed by atoms with Crippen molar-refractivity contribution >= 4 is 18.3 Å². The van der Waals surface area contributed by atoms with Crippen molar-refractivity contribution in [2.75, 3.05) is 33.9 Å². The van der Waals surface area contributed by atoms with E-state index in [2.05, 4.69) is 5.32 Å². The van der Waals surface area contributed by atoms with Gasteiger partial charge in [-0.05, 0) is 37.6 Å². The number of amides is 1. The number of halogens is 4. The number of alkyl halides is 3. The van der Waals surface area contributed by atoms with E-state index in [1.54, 1.807) is 13.1 Å². The summed E-state index contributed by atoms with van der Waals surface area (Å²) in [5.74, 6) is -0.164. The fourth-order valence-electron chi connectivity index (χ4n) is 3.27. The summed E-state index contributed by atoms with van der Waals surface area (Å²) in [6.45, 7) is 1.59. The number of rotatable bonds is 5. The fraction of sp³-hybridized carbons (Fsp3) is 0.588. The summed E-state index contributed by atoms with van der Waals surface area (Å²) in [4.78, 5) is 14.3. The van der Waals surface area contributed by atoms with Gasteiger partial charge in [-0.15, -0.1) is 12.4 Å². The summed E-state index contributed by atoms with van der Waals surface area (Å²) in [6, 6.07) is 5.37. The molecule has 0 bridgehead atoms. The van der Waals surface area contributed by atoms with Crippen molar-refractivity contribution in [3.05, 3.63) is 35.4 Å². The molecular weight excluding hydrogens is 357 g/mol. The molecule has 1 fully saturated rings. The third kappa shape index (κ3) is 5.09. The Hall–Kier alpha value is -1.31. The molecule has 4 nitrogen and oxygen atoms in total. The van der Waals surface area contributed by atoms with Gasteiger partial charge in [-0.25, -0.2) is 0 Å². The van der Waals surface area contributed by atoms with E-state index in [1.165, 1.54) is 24.1 Å². The Morgan fingerprint density at radius 3 is 2.44 bits per heavy atom. The summed E-state index contributed by atoms with van der Waals surface area (Å²) < 4.78 is 44.6. The minimum absolute atomic E-state index is 0. The molecule has 1 aromatic carbocycles. The zero-order valence-electron chi connectivity index (χ0n) is 14.4. The van der Waals surface area contributed by atoms with Crippen LogP contribution in [0.1, 0.15) is 24.0 Å². The Morgan fingerprint density at radius 2 is 1.88 bits per heavy atom. The topological polar surface area (TPSA) is 41.6 Å². The Morgan fingerprint density at radius 1 is 1.28 bits per heavy atom. The van der Waals surface area contributed by atoms with Crippen molar-refractivity contribution in [2.45, 2.75) is 25.6 Å². The van der Waals surface area contributed by atoms with E-state index < -0.39 is 17.2 Å². The molecule has 1 saturated heterocycles. The number of methoxy groups -OCH3 is 1. The van der Waals surface area contributed by atoms with Crippen LogP contribution in [0, 0.1) is 5.41 Å². The summed E-state index contributed by atoms with van der Waals surface area (Å²) in [5.41, 5.74) is -1.26. The van der Waals surface area contributed by atoms with Gasteiger partial charge in [0.25, 0.3) is 0 Å². The van der Waals surface area contributed by atoms with Gasteiger partial charge in [-0.2, -0.15) is 13.2 Å². The van der Waals surface area contributed by atoms with Gasteiger partial charge in [0.2, 0.25) is 5.91 Å². The number of carbonyl (C=O) groups excluding carboxylic acids is 1. The van der Waals surface area contributed by atoms with Crippen molar-refractivity contribution in [1.29, 1.82) is 0 Å². The highest BCUT2D eigenvalue weighted by molar-refractivity contribution is 5.85. The van der Waals surface area contributed by atoms with E-state index in [9.17, 15) is 18.0 Å². The lowest BCUT2D eigenvalue weighted by Crippen LogP contribution is -2.50. The number of benzene rings is 1. The highest BCUT2D eigenvalue weighted by Crippen LogP contribution is 2.34. The van der Waals surface area contributed by atoms with Gasteiger partial charge in [0.15, 0.2) is 0 Å². The normalized spacial score (nSPS) is 16.8. The lowest BCUT2D eigenvalue weighted by molar-refractivity contribution is -0.148. The predicted molar refractivity (Wildman–Crippen MR) is 91.6 cm³/mol. The van der Waals surface area contributed by atoms with Crippen molar-refractivity contribution in [1.82, 2.24) is 10.2 Å². The second-order valence-corrected chi connectivity index (χ2v) is 6.28. The minimum Gasteiger partial charge on any atom is -0.384 e.